The fourth-order valence-electron chi connectivity index (χ4n) is 3.82. The maximum Gasteiger partial charge on any atom is 0.330 e. The van der Waals surface area contributed by atoms with E-state index < -0.39 is 11.9 Å². The van der Waals surface area contributed by atoms with Crippen molar-refractivity contribution in [1.82, 2.24) is 4.98 Å². The summed E-state index contributed by atoms with van der Waals surface area (Å²) in [6.07, 6.45) is 9.85. The molecule has 0 unspecified atom stereocenters. The molecule has 0 spiro atoms. The van der Waals surface area contributed by atoms with Crippen molar-refractivity contribution in [3.8, 4) is 11.5 Å². The van der Waals surface area contributed by atoms with Gasteiger partial charge in [-0.05, 0) is 71.7 Å². The number of carbonyl (C=O) groups excluding carboxylic acids is 2. The highest BCUT2D eigenvalue weighted by atomic mass is 16.5. The molecule has 0 bridgehead atoms. The SMILES string of the molecule is CCCCOC(=O)/C=C/c1cc(C(C)(C)C)cc(/C=C/C(=O)OCCCC)c1-c1nc2cc(C)ccc2o1. The molecule has 1 heterocycles. The van der Waals surface area contributed by atoms with Crippen molar-refractivity contribution in [2.45, 2.75) is 72.6 Å². The predicted octanol–water partition coefficient (Wildman–Crippen LogP) is 7.81. The van der Waals surface area contributed by atoms with Crippen molar-refractivity contribution in [3.63, 3.8) is 0 Å². The second kappa shape index (κ2) is 13.2. The van der Waals surface area contributed by atoms with Gasteiger partial charge in [-0.1, -0.05) is 65.7 Å². The monoisotopic (exact) mass is 517 g/mol. The smallest absolute Gasteiger partial charge is 0.330 e. The molecule has 0 aliphatic carbocycles. The van der Waals surface area contributed by atoms with Crippen LogP contribution in [0.2, 0.25) is 0 Å². The summed E-state index contributed by atoms with van der Waals surface area (Å²) in [6, 6.07) is 9.89. The number of rotatable bonds is 11. The van der Waals surface area contributed by atoms with Crippen molar-refractivity contribution in [2.75, 3.05) is 13.2 Å². The topological polar surface area (TPSA) is 78.6 Å². The Morgan fingerprint density at radius 2 is 1.45 bits per heavy atom. The molecular weight excluding hydrogens is 478 g/mol. The van der Waals surface area contributed by atoms with E-state index in [2.05, 4.69) is 20.8 Å². The highest BCUT2D eigenvalue weighted by Crippen LogP contribution is 2.36. The molecule has 1 aromatic heterocycles. The second-order valence-corrected chi connectivity index (χ2v) is 10.5. The molecule has 3 rings (SSSR count). The van der Waals surface area contributed by atoms with E-state index in [-0.39, 0.29) is 5.41 Å². The van der Waals surface area contributed by atoms with Crippen molar-refractivity contribution >= 4 is 35.2 Å². The van der Waals surface area contributed by atoms with E-state index >= 15 is 0 Å². The van der Waals surface area contributed by atoms with Gasteiger partial charge in [-0.2, -0.15) is 0 Å². The van der Waals surface area contributed by atoms with Crippen LogP contribution in [-0.4, -0.2) is 30.1 Å². The van der Waals surface area contributed by atoms with Gasteiger partial charge in [-0.15, -0.1) is 0 Å². The van der Waals surface area contributed by atoms with Gasteiger partial charge in [0.2, 0.25) is 5.89 Å². The molecule has 202 valence electrons. The first-order chi connectivity index (χ1) is 18.1. The van der Waals surface area contributed by atoms with Crippen LogP contribution in [0, 0.1) is 6.92 Å². The van der Waals surface area contributed by atoms with Crippen molar-refractivity contribution in [1.29, 1.82) is 0 Å². The summed E-state index contributed by atoms with van der Waals surface area (Å²) in [7, 11) is 0. The van der Waals surface area contributed by atoms with Crippen LogP contribution in [0.25, 0.3) is 34.7 Å². The Bertz CT molecular complexity index is 1270. The van der Waals surface area contributed by atoms with Crippen LogP contribution >= 0.6 is 0 Å². The summed E-state index contributed by atoms with van der Waals surface area (Å²) < 4.78 is 16.8. The Balaban J connectivity index is 2.15. The first-order valence-electron chi connectivity index (χ1n) is 13.4. The number of nitrogens with zero attached hydrogens (tertiary/aromatic N) is 1. The summed E-state index contributed by atoms with van der Waals surface area (Å²) in [5.41, 5.74) is 5.49. The molecule has 0 radical (unpaired) electrons. The largest absolute Gasteiger partial charge is 0.463 e. The molecule has 0 aliphatic rings. The summed E-state index contributed by atoms with van der Waals surface area (Å²) in [4.78, 5) is 29.6. The van der Waals surface area contributed by atoms with Gasteiger partial charge in [0.25, 0.3) is 0 Å². The normalized spacial score (nSPS) is 12.1. The molecule has 0 fully saturated rings. The van der Waals surface area contributed by atoms with Crippen LogP contribution in [0.4, 0.5) is 0 Å². The van der Waals surface area contributed by atoms with E-state index in [1.54, 1.807) is 12.2 Å². The zero-order valence-electron chi connectivity index (χ0n) is 23.4. The highest BCUT2D eigenvalue weighted by Gasteiger charge is 2.21. The molecule has 0 aliphatic heterocycles. The molecule has 0 saturated carbocycles. The number of unbranched alkanes of at least 4 members (excludes halogenated alkanes) is 2. The lowest BCUT2D eigenvalue weighted by Crippen LogP contribution is -2.12. The number of hydrogen-bond donors (Lipinski definition) is 0. The highest BCUT2D eigenvalue weighted by molar-refractivity contribution is 5.93. The van der Waals surface area contributed by atoms with Crippen LogP contribution in [0.5, 0.6) is 0 Å². The third-order valence-corrected chi connectivity index (χ3v) is 6.10. The first-order valence-corrected chi connectivity index (χ1v) is 13.4. The number of carbonyl (C=O) groups is 2. The molecular formula is C32H39NO5. The van der Waals surface area contributed by atoms with Crippen molar-refractivity contribution < 1.29 is 23.5 Å². The van der Waals surface area contributed by atoms with Gasteiger partial charge < -0.3 is 13.9 Å². The molecule has 6 heteroatoms. The van der Waals surface area contributed by atoms with Gasteiger partial charge >= 0.3 is 11.9 Å². The number of esters is 2. The molecule has 0 atom stereocenters. The maximum atomic E-state index is 12.4. The predicted molar refractivity (Wildman–Crippen MR) is 153 cm³/mol. The van der Waals surface area contributed by atoms with Crippen LogP contribution < -0.4 is 0 Å². The van der Waals surface area contributed by atoms with Gasteiger partial charge in [0.1, 0.15) is 5.52 Å². The minimum atomic E-state index is -0.407. The fraction of sp³-hybridized carbons (Fsp3) is 0.406. The molecule has 3 aromatic rings. The Morgan fingerprint density at radius 3 is 1.95 bits per heavy atom. The Morgan fingerprint density at radius 1 is 0.895 bits per heavy atom. The lowest BCUT2D eigenvalue weighted by molar-refractivity contribution is -0.138. The van der Waals surface area contributed by atoms with Crippen molar-refractivity contribution in [2.24, 2.45) is 0 Å². The second-order valence-electron chi connectivity index (χ2n) is 10.5. The van der Waals surface area contributed by atoms with E-state index in [1.807, 2.05) is 51.1 Å². The number of benzene rings is 2. The number of aromatic nitrogens is 1. The first kappa shape index (κ1) is 28.9. The van der Waals surface area contributed by atoms with E-state index in [0.29, 0.717) is 30.3 Å². The molecule has 0 saturated heterocycles. The van der Waals surface area contributed by atoms with E-state index in [1.165, 1.54) is 12.2 Å². The zero-order valence-corrected chi connectivity index (χ0v) is 23.4. The number of ether oxygens (including phenoxy) is 2. The molecule has 38 heavy (non-hydrogen) atoms. The van der Waals surface area contributed by atoms with Gasteiger partial charge in [0.05, 0.1) is 18.8 Å². The minimum absolute atomic E-state index is 0.189. The molecule has 0 N–H and O–H groups in total. The van der Waals surface area contributed by atoms with E-state index in [9.17, 15) is 9.59 Å². The Labute approximate surface area is 225 Å². The average Bonchev–Trinajstić information content (AvgIpc) is 3.28. The van der Waals surface area contributed by atoms with Crippen LogP contribution in [0.15, 0.2) is 46.9 Å². The number of hydrogen-bond acceptors (Lipinski definition) is 6. The molecule has 0 amide bonds. The lowest BCUT2D eigenvalue weighted by atomic mass is 9.83. The van der Waals surface area contributed by atoms with Gasteiger partial charge in [0.15, 0.2) is 5.58 Å². The Hall–Kier alpha value is -3.67. The van der Waals surface area contributed by atoms with E-state index in [0.717, 1.165) is 53.5 Å². The van der Waals surface area contributed by atoms with Gasteiger partial charge in [0, 0.05) is 12.2 Å². The van der Waals surface area contributed by atoms with E-state index in [4.69, 9.17) is 18.9 Å². The van der Waals surface area contributed by atoms with Gasteiger partial charge in [-0.3, -0.25) is 0 Å². The fourth-order valence-corrected chi connectivity index (χ4v) is 3.82. The number of fused-ring (bicyclic) bond motifs is 1. The zero-order chi connectivity index (χ0) is 27.7. The van der Waals surface area contributed by atoms with Crippen LogP contribution in [-0.2, 0) is 24.5 Å². The average molecular weight is 518 g/mol. The Kier molecular flexibility index (Phi) is 10.1. The minimum Gasteiger partial charge on any atom is -0.463 e. The third kappa shape index (κ3) is 7.91. The van der Waals surface area contributed by atoms with Crippen LogP contribution in [0.3, 0.4) is 0 Å². The number of oxazole rings is 1. The summed E-state index contributed by atoms with van der Waals surface area (Å²) in [5.74, 6) is -0.408. The quantitative estimate of drug-likeness (QED) is 0.147. The summed E-state index contributed by atoms with van der Waals surface area (Å²) in [5, 5.41) is 0. The third-order valence-electron chi connectivity index (χ3n) is 6.10. The summed E-state index contributed by atoms with van der Waals surface area (Å²) in [6.45, 7) is 13.2. The molecule has 2 aromatic carbocycles. The summed E-state index contributed by atoms with van der Waals surface area (Å²) >= 11 is 0. The van der Waals surface area contributed by atoms with Crippen LogP contribution in [0.1, 0.15) is 82.6 Å². The number of aryl methyl sites for hydroxylation is 1. The van der Waals surface area contributed by atoms with Crippen molar-refractivity contribution in [3.05, 3.63) is 64.7 Å². The lowest BCUT2D eigenvalue weighted by Gasteiger charge is -2.22. The maximum absolute atomic E-state index is 12.4. The van der Waals surface area contributed by atoms with Gasteiger partial charge in [-0.25, -0.2) is 14.6 Å². The molecule has 6 nitrogen and oxygen atoms in total. The standard InChI is InChI=1S/C32H39NO5/c1-7-9-17-36-28(34)15-12-23-20-25(32(4,5)6)21-24(13-16-29(35)37-18-10-8-2)30(23)31-33-26-19-22(3)11-14-27(26)38-31/h11-16,19-21H,7-10,17-18H2,1-6H3/b15-12+,16-13+.